The van der Waals surface area contributed by atoms with Crippen molar-refractivity contribution in [1.29, 1.82) is 0 Å². The van der Waals surface area contributed by atoms with Gasteiger partial charge < -0.3 is 5.32 Å². The summed E-state index contributed by atoms with van der Waals surface area (Å²) in [5, 5.41) is 20.6. The number of amides is 1. The number of hydrogen-bond donors (Lipinski definition) is 2. The lowest BCUT2D eigenvalue weighted by Crippen LogP contribution is -2.40. The van der Waals surface area contributed by atoms with Gasteiger partial charge in [-0.3, -0.25) is 9.89 Å². The highest BCUT2D eigenvalue weighted by atomic mass is 16.2. The smallest absolute Gasteiger partial charge is 0.242 e. The summed E-state index contributed by atoms with van der Waals surface area (Å²) in [4.78, 5) is 11.8. The maximum atomic E-state index is 11.8. The average Bonchev–Trinajstić information content (AvgIpc) is 2.98. The highest BCUT2D eigenvalue weighted by Gasteiger charge is 2.21. The van der Waals surface area contributed by atoms with Crippen LogP contribution in [-0.2, 0) is 24.2 Å². The van der Waals surface area contributed by atoms with Crippen molar-refractivity contribution in [2.24, 2.45) is 0 Å². The van der Waals surface area contributed by atoms with Gasteiger partial charge in [-0.1, -0.05) is 0 Å². The molecule has 8 nitrogen and oxygen atoms in total. The van der Waals surface area contributed by atoms with Crippen LogP contribution < -0.4 is 5.32 Å². The van der Waals surface area contributed by atoms with E-state index in [1.165, 1.54) is 16.6 Å². The van der Waals surface area contributed by atoms with E-state index in [2.05, 4.69) is 31.0 Å². The van der Waals surface area contributed by atoms with Crippen LogP contribution in [-0.4, -0.2) is 42.4 Å². The third-order valence-corrected chi connectivity index (χ3v) is 3.08. The van der Waals surface area contributed by atoms with Gasteiger partial charge in [-0.15, -0.1) is 5.10 Å². The van der Waals surface area contributed by atoms with E-state index in [0.717, 1.165) is 25.0 Å². The summed E-state index contributed by atoms with van der Waals surface area (Å²) < 4.78 is 1.40. The molecule has 2 heterocycles. The van der Waals surface area contributed by atoms with E-state index < -0.39 is 0 Å². The Morgan fingerprint density at radius 2 is 2.56 bits per heavy atom. The molecule has 1 aliphatic rings. The van der Waals surface area contributed by atoms with Crippen molar-refractivity contribution in [3.8, 4) is 0 Å². The van der Waals surface area contributed by atoms with E-state index in [0.29, 0.717) is 0 Å². The summed E-state index contributed by atoms with van der Waals surface area (Å²) in [6, 6.07) is 0.155. The van der Waals surface area contributed by atoms with Crippen molar-refractivity contribution in [2.75, 3.05) is 0 Å². The van der Waals surface area contributed by atoms with Gasteiger partial charge in [0, 0.05) is 18.2 Å². The second-order valence-electron chi connectivity index (χ2n) is 4.39. The molecule has 0 spiro atoms. The first-order chi connectivity index (χ1) is 8.81. The zero-order valence-corrected chi connectivity index (χ0v) is 9.70. The molecule has 0 aliphatic heterocycles. The molecule has 2 N–H and O–H groups in total. The minimum absolute atomic E-state index is 0.0738. The Morgan fingerprint density at radius 3 is 3.39 bits per heavy atom. The fourth-order valence-electron chi connectivity index (χ4n) is 2.20. The fraction of sp³-hybridized carbons (Fsp3) is 0.500. The maximum Gasteiger partial charge on any atom is 0.242 e. The summed E-state index contributed by atoms with van der Waals surface area (Å²) >= 11 is 0. The minimum Gasteiger partial charge on any atom is -0.351 e. The molecule has 8 heteroatoms. The minimum atomic E-state index is -0.0738. The Balaban J connectivity index is 1.56. The van der Waals surface area contributed by atoms with E-state index >= 15 is 0 Å². The van der Waals surface area contributed by atoms with Crippen molar-refractivity contribution in [3.63, 3.8) is 0 Å². The normalized spacial score (nSPS) is 18.3. The SMILES string of the molecule is O=C(Cn1cnnn1)NC1CCc2cn[nH]c2C1. The Labute approximate surface area is 103 Å². The molecule has 3 rings (SSSR count). The predicted octanol–water partition coefficient (Wildman–Crippen LogP) is -0.930. The van der Waals surface area contributed by atoms with E-state index in [4.69, 9.17) is 0 Å². The first kappa shape index (κ1) is 10.9. The number of nitrogens with one attached hydrogen (secondary N) is 2. The molecule has 0 bridgehead atoms. The van der Waals surface area contributed by atoms with Crippen LogP contribution in [0.3, 0.4) is 0 Å². The summed E-state index contributed by atoms with van der Waals surface area (Å²) in [7, 11) is 0. The molecular weight excluding hydrogens is 234 g/mol. The van der Waals surface area contributed by atoms with Crippen molar-refractivity contribution in [1.82, 2.24) is 35.7 Å². The zero-order valence-electron chi connectivity index (χ0n) is 9.70. The molecule has 0 saturated heterocycles. The third-order valence-electron chi connectivity index (χ3n) is 3.08. The van der Waals surface area contributed by atoms with Crippen LogP contribution in [0.15, 0.2) is 12.5 Å². The van der Waals surface area contributed by atoms with Crippen molar-refractivity contribution in [3.05, 3.63) is 23.8 Å². The highest BCUT2D eigenvalue weighted by Crippen LogP contribution is 2.18. The summed E-state index contributed by atoms with van der Waals surface area (Å²) in [5.41, 5.74) is 2.37. The van der Waals surface area contributed by atoms with Gasteiger partial charge >= 0.3 is 0 Å². The predicted molar refractivity (Wildman–Crippen MR) is 60.4 cm³/mol. The van der Waals surface area contributed by atoms with E-state index in [-0.39, 0.29) is 18.5 Å². The Bertz CT molecular complexity index is 532. The second kappa shape index (κ2) is 4.55. The first-order valence-electron chi connectivity index (χ1n) is 5.82. The van der Waals surface area contributed by atoms with Crippen LogP contribution in [0.5, 0.6) is 0 Å². The number of rotatable bonds is 3. The molecule has 0 radical (unpaired) electrons. The van der Waals surface area contributed by atoms with Gasteiger partial charge in [0.2, 0.25) is 5.91 Å². The van der Waals surface area contributed by atoms with Crippen LogP contribution in [0.25, 0.3) is 0 Å². The van der Waals surface area contributed by atoms with E-state index in [9.17, 15) is 4.79 Å². The molecule has 18 heavy (non-hydrogen) atoms. The van der Waals surface area contributed by atoms with Crippen LogP contribution in [0.2, 0.25) is 0 Å². The number of tetrazole rings is 1. The number of nitrogens with zero attached hydrogens (tertiary/aromatic N) is 5. The number of aromatic nitrogens is 6. The Kier molecular flexibility index (Phi) is 2.75. The average molecular weight is 247 g/mol. The van der Waals surface area contributed by atoms with Crippen molar-refractivity contribution < 1.29 is 4.79 Å². The van der Waals surface area contributed by atoms with Gasteiger partial charge in [0.15, 0.2) is 0 Å². The number of aryl methyl sites for hydroxylation is 1. The zero-order chi connectivity index (χ0) is 12.4. The topological polar surface area (TPSA) is 101 Å². The van der Waals surface area contributed by atoms with E-state index in [1.807, 2.05) is 6.20 Å². The quantitative estimate of drug-likeness (QED) is 0.729. The van der Waals surface area contributed by atoms with Gasteiger partial charge in [0.05, 0.1) is 6.20 Å². The molecular formula is C10H13N7O. The largest absolute Gasteiger partial charge is 0.351 e. The van der Waals surface area contributed by atoms with Crippen LogP contribution in [0, 0.1) is 0 Å². The highest BCUT2D eigenvalue weighted by molar-refractivity contribution is 5.75. The molecule has 1 unspecified atom stereocenters. The fourth-order valence-corrected chi connectivity index (χ4v) is 2.20. The monoisotopic (exact) mass is 247 g/mol. The van der Waals surface area contributed by atoms with Crippen LogP contribution >= 0.6 is 0 Å². The second-order valence-corrected chi connectivity index (χ2v) is 4.39. The standard InChI is InChI=1S/C10H13N7O/c18-10(5-17-6-12-15-16-17)13-8-2-1-7-4-11-14-9(7)3-8/h4,6,8H,1-3,5H2,(H,11,14)(H,13,18). The summed E-state index contributed by atoms with van der Waals surface area (Å²) in [6.45, 7) is 0.152. The number of carbonyl (C=O) groups excluding carboxylic acids is 1. The Morgan fingerprint density at radius 1 is 1.61 bits per heavy atom. The first-order valence-corrected chi connectivity index (χ1v) is 5.82. The third kappa shape index (κ3) is 2.22. The number of hydrogen-bond acceptors (Lipinski definition) is 5. The molecule has 2 aromatic heterocycles. The molecule has 0 saturated carbocycles. The molecule has 1 amide bonds. The maximum absolute atomic E-state index is 11.8. The Hall–Kier alpha value is -2.25. The van der Waals surface area contributed by atoms with Crippen molar-refractivity contribution >= 4 is 5.91 Å². The summed E-state index contributed by atoms with van der Waals surface area (Å²) in [5.74, 6) is -0.0738. The number of aromatic amines is 1. The number of H-pyrrole nitrogens is 1. The van der Waals surface area contributed by atoms with Crippen molar-refractivity contribution in [2.45, 2.75) is 31.8 Å². The van der Waals surface area contributed by atoms with Crippen LogP contribution in [0.1, 0.15) is 17.7 Å². The molecule has 1 aliphatic carbocycles. The van der Waals surface area contributed by atoms with Gasteiger partial charge in [0.25, 0.3) is 0 Å². The molecule has 0 aromatic carbocycles. The lowest BCUT2D eigenvalue weighted by atomic mass is 9.94. The number of fused-ring (bicyclic) bond motifs is 1. The lowest BCUT2D eigenvalue weighted by Gasteiger charge is -2.22. The van der Waals surface area contributed by atoms with Gasteiger partial charge in [-0.25, -0.2) is 4.68 Å². The van der Waals surface area contributed by atoms with Gasteiger partial charge in [-0.05, 0) is 28.8 Å². The lowest BCUT2D eigenvalue weighted by molar-refractivity contribution is -0.122. The van der Waals surface area contributed by atoms with Gasteiger partial charge in [-0.2, -0.15) is 5.10 Å². The molecule has 94 valence electrons. The number of carbonyl (C=O) groups is 1. The van der Waals surface area contributed by atoms with E-state index in [1.54, 1.807) is 0 Å². The summed E-state index contributed by atoms with van der Waals surface area (Å²) in [6.07, 6.45) is 5.97. The van der Waals surface area contributed by atoms with Crippen LogP contribution in [0.4, 0.5) is 0 Å². The molecule has 2 aromatic rings. The van der Waals surface area contributed by atoms with Gasteiger partial charge in [0.1, 0.15) is 12.9 Å². The molecule has 0 fully saturated rings. The molecule has 1 atom stereocenters.